The Labute approximate surface area is 898 Å². The number of fused-ring (bicyclic) bond motifs is 17. The van der Waals surface area contributed by atoms with Crippen LogP contribution >= 0.6 is 97.9 Å². The fraction of sp³-hybridized carbons (Fsp3) is 0.709. The Kier molecular flexibility index (Phi) is 58.1. The molecule has 18 heteroatoms. The number of hydrogen-bond donors (Lipinski definition) is 4. The van der Waals surface area contributed by atoms with Gasteiger partial charge in [0.15, 0.2) is 0 Å². The van der Waals surface area contributed by atoms with E-state index in [-0.39, 0.29) is 124 Å². The number of aldehydes is 1. The molecule has 0 saturated heterocycles. The number of nitrogens with two attached hydrogens (primary N) is 1. The van der Waals surface area contributed by atoms with Gasteiger partial charge in [0.05, 0.1) is 16.7 Å². The molecule has 27 rings (SSSR count). The molecule has 21 fully saturated rings. The van der Waals surface area contributed by atoms with Crippen molar-refractivity contribution in [1.82, 2.24) is 10.6 Å². The Morgan fingerprint density at radius 1 is 0.452 bits per heavy atom. The molecule has 14 bridgehead atoms. The molecule has 135 heavy (non-hydrogen) atoms. The van der Waals surface area contributed by atoms with Gasteiger partial charge in [-0.1, -0.05) is 311 Å². The van der Waals surface area contributed by atoms with Crippen LogP contribution in [0.5, 0.6) is 0 Å². The Morgan fingerprint density at radius 2 is 0.785 bits per heavy atom. The molecule has 10 nitrogen and oxygen atoms in total. The Morgan fingerprint density at radius 3 is 1.10 bits per heavy atom. The third-order valence-corrected chi connectivity index (χ3v) is 39.0. The van der Waals surface area contributed by atoms with E-state index in [2.05, 4.69) is 214 Å². The van der Waals surface area contributed by atoms with Crippen molar-refractivity contribution >= 4 is 164 Å². The van der Waals surface area contributed by atoms with Crippen molar-refractivity contribution in [2.24, 2.45) is 162 Å². The van der Waals surface area contributed by atoms with E-state index in [0.717, 1.165) is 140 Å². The van der Waals surface area contributed by atoms with E-state index < -0.39 is 5.97 Å². The number of hydrogen-bond acceptors (Lipinski definition) is 10. The molecule has 1 radical (unpaired) electrons. The molecule has 770 valence electrons. The summed E-state index contributed by atoms with van der Waals surface area (Å²) in [7, 11) is 0.628. The van der Waals surface area contributed by atoms with E-state index in [1.54, 1.807) is 33.6 Å². The number of carboxylic acid groups (broad SMARTS) is 1. The van der Waals surface area contributed by atoms with Crippen LogP contribution in [0.4, 0.5) is 0 Å². The maximum atomic E-state index is 12.9. The number of ketones is 2. The van der Waals surface area contributed by atoms with Crippen molar-refractivity contribution < 1.29 is 61.9 Å². The van der Waals surface area contributed by atoms with Crippen LogP contribution in [0, 0.1) is 156 Å². The summed E-state index contributed by atoms with van der Waals surface area (Å²) in [5, 5.41) is 24.1. The number of rotatable bonds is 11. The van der Waals surface area contributed by atoms with Gasteiger partial charge in [-0.25, -0.2) is 4.79 Å². The van der Waals surface area contributed by atoms with Crippen molar-refractivity contribution in [3.8, 4) is 0 Å². The Bertz CT molecular complexity index is 4530. The summed E-state index contributed by atoms with van der Waals surface area (Å²) < 4.78 is 3.35. The number of carbonyl (C=O) groups excluding carboxylic acids is 5. The van der Waals surface area contributed by atoms with Crippen LogP contribution in [-0.2, 0) is 42.4 Å². The summed E-state index contributed by atoms with van der Waals surface area (Å²) in [6.07, 6.45) is 26.9. The molecule has 6 aromatic rings. The molecule has 3 aromatic carbocycles. The van der Waals surface area contributed by atoms with Gasteiger partial charge in [0, 0.05) is 114 Å². The van der Waals surface area contributed by atoms with Crippen LogP contribution in [-0.4, -0.2) is 58.9 Å². The van der Waals surface area contributed by atoms with Gasteiger partial charge >= 0.3 is 55.4 Å². The minimum Gasteiger partial charge on any atom is 0 e. The van der Waals surface area contributed by atoms with Crippen LogP contribution in [0.3, 0.4) is 0 Å². The van der Waals surface area contributed by atoms with E-state index in [0.29, 0.717) is 119 Å². The van der Waals surface area contributed by atoms with Crippen molar-refractivity contribution in [3.05, 3.63) is 131 Å². The second-order valence-electron chi connectivity index (χ2n) is 43.2. The predicted molar refractivity (Wildman–Crippen MR) is 616 cm³/mol. The van der Waals surface area contributed by atoms with Crippen molar-refractivity contribution in [3.63, 3.8) is 0 Å². The summed E-state index contributed by atoms with van der Waals surface area (Å²) in [5.74, 6) is 15.3. The molecule has 21 aliphatic carbocycles. The van der Waals surface area contributed by atoms with E-state index in [4.69, 9.17) is 10.8 Å². The molecule has 0 spiro atoms. The largest absolute Gasteiger partial charge is 0 e. The van der Waals surface area contributed by atoms with Gasteiger partial charge in [0.25, 0.3) is 11.8 Å². The Balaban J connectivity index is 0. The van der Waals surface area contributed by atoms with Gasteiger partial charge in [-0.3, -0.25) is 19.2 Å². The number of aromatic carboxylic acids is 1. The third-order valence-electron chi connectivity index (χ3n) is 36.1. The fourth-order valence-corrected chi connectivity index (χ4v) is 29.1. The number of nitrogens with one attached hydrogen (secondary N) is 2. The van der Waals surface area contributed by atoms with Crippen LogP contribution in [0.25, 0.3) is 30.3 Å². The number of Topliss-reactive ketones (excluding diaryl/α,β-unsaturated/α-hetero) is 2. The average molecular weight is 2340 g/mol. The standard InChI is InChI=1S/C20H23NO2S.C20H25NOS.C12H20.C11H21N.C11H18O.C10H18.C9H6O2S.C9H14O.3C2H6.C2H4.7CH4.3HI.2V/c1-20(2)13-9-12(7-8-22)18(16(20)10-13)21-19(23)15-11-24-17-6-4-3-5-14(15)17;1-4-12-9-13-10-16(20(13,2)3)18(12)21-19(22)15-11-23-17-8-6-5-7-14(15)17;1-5-9-6-10-7-11(8(9)2)12(10,3)4;2*1-4-7-5-8-6-9(10(7)12)11(8,2)3;1-7-4-5-8-6-9(7)10(8,2)3;10-9(11)7-5-12-8-4-2-1-3-6(7)8;1-9(2)6-3-4-8(10)7(9)5-6;4*1-2;;;;;;;;;;;;/h3-6,8,11-13,16,18H,7,9-10H2,1-2H3,(H,21,23);5-8,11-13,16,18H,4,9-10H2,1-3H3,(H,21,22);9-11H,2,5-7H2,1,3-4H3;7-10H,4-6,12H2,1-3H3;7-9H,4-6H2,1-3H3;7-9H,4-6H2,1-3H3;1-5H,(H,10,11);6-7H,3-5H2,1-2H3;3*1-2H3;1-2H2;7*1H4;3*1H;;/q;;;;;;;;;;;;;;;;;;;;;;;+2/p-2/t2*12-,13-,16-,18+;9-,10-,11-;7-,8-,9-,10+;7-,8-,9-;7?,8-,9-;;6-,7-;;;;;;;;;;;;;;;;/m000000.0................/s1. The molecule has 21 saturated carbocycles. The second-order valence-corrected chi connectivity index (χ2v) is 57.7. The minimum atomic E-state index is -0.854. The number of thiophene rings is 3. The smallest absolute Gasteiger partial charge is 0 e. The normalized spacial score (nSPS) is 31.1. The first kappa shape index (κ1) is 135. The summed E-state index contributed by atoms with van der Waals surface area (Å²) in [6.45, 7) is 66.6. The Hall–Kier alpha value is -2.24. The predicted octanol–water partition coefficient (Wildman–Crippen LogP) is 36.5. The zero-order valence-electron chi connectivity index (χ0n) is 83.2. The van der Waals surface area contributed by atoms with Gasteiger partial charge in [-0.05, 0) is 259 Å². The molecule has 23 atom stereocenters. The first-order valence-electron chi connectivity index (χ1n) is 49.3. The van der Waals surface area contributed by atoms with Crippen LogP contribution < -0.4 is 16.4 Å². The average Bonchev–Trinajstić information content (AvgIpc) is 1.48. The summed E-state index contributed by atoms with van der Waals surface area (Å²) in [4.78, 5) is 70.7. The second kappa shape index (κ2) is 58.2. The molecule has 5 N–H and O–H groups in total. The topological polar surface area (TPSA) is 173 Å². The molecule has 3 heterocycles. The van der Waals surface area contributed by atoms with Crippen LogP contribution in [0.1, 0.15) is 391 Å². The SMILES string of the molecule is C.C.C.C.C.C.C.C=C.C=C1[C@@H](CC)C[C@H]2C[C@@H]1C2(C)C.CC.CC.CC.CC1(C)[C@H]2CCC(=O)[C@@H]1C2.CC1(C)[C@H]2C[C@H](CC=O)[C@@H](NC(=O)c3csc4ccccc34)[C@@H]1C2.CC1CC[C@H]2C[C@@H]1C2(C)C.CC[C@H]1C[C@H]2C[C@@H](C1=O)C2(C)C.CC[C@H]1C[C@H]2C[C@@H]([C@@H]1N)C2(C)C.CC[C@H]1C[C@H]2C[C@@H]([C@@H]1NC(=O)c1csc3ccccc13)C2(C)C.I.O=C(O)c1csc2ccccc12.[I][V][I].[V]. The maximum absolute atomic E-state index is 12.9. The number of carbonyl (C=O) groups is 6. The maximum Gasteiger partial charge on any atom is 0 e. The zero-order valence-corrected chi connectivity index (χ0v) is 95.1. The van der Waals surface area contributed by atoms with Crippen molar-refractivity contribution in [1.29, 1.82) is 0 Å². The number of carboxylic acids is 1. The first-order chi connectivity index (χ1) is 59.7. The number of allylic oxidation sites excluding steroid dienone is 1. The minimum absolute atomic E-state index is 0. The van der Waals surface area contributed by atoms with Crippen molar-refractivity contribution in [2.75, 3.05) is 0 Å². The molecule has 2 amide bonds. The van der Waals surface area contributed by atoms with Gasteiger partial charge in [0.1, 0.15) is 17.9 Å². The molecule has 0 aliphatic heterocycles. The van der Waals surface area contributed by atoms with Crippen LogP contribution in [0.15, 0.2) is 114 Å². The number of halogens is 3. The molecular formula is C117H196I3N3O7S3V2. The molecule has 21 aliphatic rings. The number of benzene rings is 3. The fourth-order valence-electron chi connectivity index (χ4n) is 26.3. The van der Waals surface area contributed by atoms with Crippen molar-refractivity contribution in [2.45, 2.75) is 378 Å². The van der Waals surface area contributed by atoms with Gasteiger partial charge in [-0.2, -0.15) is 0 Å². The van der Waals surface area contributed by atoms with Gasteiger partial charge < -0.3 is 26.3 Å². The van der Waals surface area contributed by atoms with E-state index in [1.165, 1.54) is 119 Å². The van der Waals surface area contributed by atoms with Gasteiger partial charge in [0.2, 0.25) is 0 Å². The van der Waals surface area contributed by atoms with E-state index in [1.807, 2.05) is 113 Å². The quantitative estimate of drug-likeness (QED) is 0.0564. The van der Waals surface area contributed by atoms with E-state index >= 15 is 0 Å². The summed E-state index contributed by atoms with van der Waals surface area (Å²) >= 11 is 9.47. The summed E-state index contributed by atoms with van der Waals surface area (Å²) in [5.41, 5.74) is 13.0. The molecular weight excluding hydrogens is 2140 g/mol. The molecule has 1 unspecified atom stereocenters. The zero-order chi connectivity index (χ0) is 93.8. The summed E-state index contributed by atoms with van der Waals surface area (Å²) in [6, 6.07) is 24.7. The molecule has 3 aromatic heterocycles. The number of amides is 2. The van der Waals surface area contributed by atoms with Crippen LogP contribution in [0.2, 0.25) is 0 Å². The van der Waals surface area contributed by atoms with Gasteiger partial charge in [-0.15, -0.1) is 71.1 Å². The third kappa shape index (κ3) is 28.5. The van der Waals surface area contributed by atoms with E-state index in [9.17, 15) is 28.8 Å². The first-order valence-corrected chi connectivity index (χ1v) is 61.0. The monoisotopic (exact) mass is 2330 g/mol.